The minimum absolute atomic E-state index is 0.709. The van der Waals surface area contributed by atoms with Gasteiger partial charge < -0.3 is 0 Å². The van der Waals surface area contributed by atoms with Gasteiger partial charge in [0.2, 0.25) is 0 Å². The SMILES string of the molecule is c1ccc(-c2cc(-c3ccc(-c4cc5nc(-c6ccccc6)cc(-c6ccccc6)c5c5ccccc45)cc3)nc(-c3ccccc3)n2)cc1. The van der Waals surface area contributed by atoms with E-state index in [0.29, 0.717) is 5.82 Å². The molecule has 3 nitrogen and oxygen atoms in total. The van der Waals surface area contributed by atoms with Gasteiger partial charge in [0.05, 0.1) is 22.6 Å². The van der Waals surface area contributed by atoms with Crippen molar-refractivity contribution in [2.45, 2.75) is 0 Å². The first-order valence-electron chi connectivity index (χ1n) is 16.9. The van der Waals surface area contributed by atoms with Crippen molar-refractivity contribution in [3.8, 4) is 67.4 Å². The highest BCUT2D eigenvalue weighted by molar-refractivity contribution is 6.18. The molecule has 0 atom stereocenters. The van der Waals surface area contributed by atoms with Crippen molar-refractivity contribution in [2.24, 2.45) is 0 Å². The van der Waals surface area contributed by atoms with E-state index in [0.717, 1.165) is 61.4 Å². The Morgan fingerprint density at radius 3 is 1.28 bits per heavy atom. The molecule has 50 heavy (non-hydrogen) atoms. The Bertz CT molecular complexity index is 2540. The van der Waals surface area contributed by atoms with E-state index >= 15 is 0 Å². The molecule has 0 saturated heterocycles. The zero-order valence-corrected chi connectivity index (χ0v) is 27.2. The summed E-state index contributed by atoms with van der Waals surface area (Å²) in [5, 5.41) is 3.54. The van der Waals surface area contributed by atoms with Crippen LogP contribution in [0.3, 0.4) is 0 Å². The van der Waals surface area contributed by atoms with Crippen LogP contribution in [0.4, 0.5) is 0 Å². The second kappa shape index (κ2) is 12.7. The normalized spacial score (nSPS) is 11.2. The minimum Gasteiger partial charge on any atom is -0.248 e. The largest absolute Gasteiger partial charge is 0.248 e. The van der Waals surface area contributed by atoms with Crippen LogP contribution in [0.2, 0.25) is 0 Å². The summed E-state index contributed by atoms with van der Waals surface area (Å²) in [6.45, 7) is 0. The fourth-order valence-electron chi connectivity index (χ4n) is 6.83. The Balaban J connectivity index is 1.21. The second-order valence-corrected chi connectivity index (χ2v) is 12.4. The average molecular weight is 638 g/mol. The summed E-state index contributed by atoms with van der Waals surface area (Å²) >= 11 is 0. The van der Waals surface area contributed by atoms with E-state index in [2.05, 4.69) is 146 Å². The first-order chi connectivity index (χ1) is 24.8. The van der Waals surface area contributed by atoms with Crippen LogP contribution in [0.25, 0.3) is 89.1 Å². The first kappa shape index (κ1) is 29.4. The van der Waals surface area contributed by atoms with Gasteiger partial charge in [-0.25, -0.2) is 15.0 Å². The molecule has 0 unspecified atom stereocenters. The lowest BCUT2D eigenvalue weighted by Crippen LogP contribution is -1.96. The molecule has 7 aromatic carbocycles. The van der Waals surface area contributed by atoms with E-state index in [1.54, 1.807) is 0 Å². The third-order valence-corrected chi connectivity index (χ3v) is 9.29. The Kier molecular flexibility index (Phi) is 7.49. The van der Waals surface area contributed by atoms with Crippen molar-refractivity contribution in [3.63, 3.8) is 0 Å². The fourth-order valence-corrected chi connectivity index (χ4v) is 6.83. The van der Waals surface area contributed by atoms with Gasteiger partial charge in [0, 0.05) is 27.6 Å². The molecular formula is C47H31N3. The predicted octanol–water partition coefficient (Wildman–Crippen LogP) is 12.2. The molecule has 234 valence electrons. The molecule has 2 aromatic heterocycles. The summed E-state index contributed by atoms with van der Waals surface area (Å²) in [5.74, 6) is 0.709. The van der Waals surface area contributed by atoms with Crippen molar-refractivity contribution >= 4 is 21.7 Å². The lowest BCUT2D eigenvalue weighted by Gasteiger charge is -2.16. The molecule has 0 fully saturated rings. The second-order valence-electron chi connectivity index (χ2n) is 12.4. The maximum atomic E-state index is 5.29. The predicted molar refractivity (Wildman–Crippen MR) is 207 cm³/mol. The Morgan fingerprint density at radius 1 is 0.280 bits per heavy atom. The van der Waals surface area contributed by atoms with Crippen LogP contribution in [0, 0.1) is 0 Å². The van der Waals surface area contributed by atoms with Gasteiger partial charge in [0.15, 0.2) is 5.82 Å². The molecular weight excluding hydrogens is 607 g/mol. The first-order valence-corrected chi connectivity index (χ1v) is 16.9. The van der Waals surface area contributed by atoms with Crippen LogP contribution >= 0.6 is 0 Å². The zero-order valence-electron chi connectivity index (χ0n) is 27.2. The summed E-state index contributed by atoms with van der Waals surface area (Å²) in [6, 6.07) is 65.6. The number of nitrogens with zero attached hydrogens (tertiary/aromatic N) is 3. The molecule has 0 aliphatic rings. The molecule has 2 heterocycles. The third-order valence-electron chi connectivity index (χ3n) is 9.29. The molecule has 3 heteroatoms. The van der Waals surface area contributed by atoms with Crippen LogP contribution < -0.4 is 0 Å². The van der Waals surface area contributed by atoms with Crippen LogP contribution in [-0.2, 0) is 0 Å². The number of hydrogen-bond acceptors (Lipinski definition) is 3. The van der Waals surface area contributed by atoms with Crippen molar-refractivity contribution in [2.75, 3.05) is 0 Å². The maximum Gasteiger partial charge on any atom is 0.160 e. The fraction of sp³-hybridized carbons (Fsp3) is 0. The lowest BCUT2D eigenvalue weighted by atomic mass is 9.90. The molecule has 0 aliphatic carbocycles. The molecule has 0 aliphatic heterocycles. The van der Waals surface area contributed by atoms with Gasteiger partial charge in [-0.15, -0.1) is 0 Å². The van der Waals surface area contributed by atoms with E-state index < -0.39 is 0 Å². The molecule has 0 saturated carbocycles. The van der Waals surface area contributed by atoms with Gasteiger partial charge in [-0.1, -0.05) is 170 Å². The van der Waals surface area contributed by atoms with Crippen molar-refractivity contribution < 1.29 is 0 Å². The lowest BCUT2D eigenvalue weighted by molar-refractivity contribution is 1.18. The van der Waals surface area contributed by atoms with Crippen LogP contribution in [0.5, 0.6) is 0 Å². The van der Waals surface area contributed by atoms with Gasteiger partial charge in [-0.3, -0.25) is 0 Å². The highest BCUT2D eigenvalue weighted by Crippen LogP contribution is 2.41. The van der Waals surface area contributed by atoms with E-state index in [1.165, 1.54) is 21.9 Å². The number of benzene rings is 7. The van der Waals surface area contributed by atoms with Crippen molar-refractivity contribution in [3.05, 3.63) is 188 Å². The Hall–Kier alpha value is -6.71. The quantitative estimate of drug-likeness (QED) is 0.170. The summed E-state index contributed by atoms with van der Waals surface area (Å²) in [6.07, 6.45) is 0. The molecule has 0 bridgehead atoms. The topological polar surface area (TPSA) is 38.7 Å². The molecule has 9 rings (SSSR count). The number of aromatic nitrogens is 3. The number of fused-ring (bicyclic) bond motifs is 3. The van der Waals surface area contributed by atoms with Gasteiger partial charge in [-0.05, 0) is 51.2 Å². The van der Waals surface area contributed by atoms with E-state index in [4.69, 9.17) is 15.0 Å². The van der Waals surface area contributed by atoms with Crippen LogP contribution in [0.15, 0.2) is 188 Å². The summed E-state index contributed by atoms with van der Waals surface area (Å²) in [4.78, 5) is 15.3. The third kappa shape index (κ3) is 5.51. The Morgan fingerprint density at radius 2 is 0.700 bits per heavy atom. The monoisotopic (exact) mass is 637 g/mol. The van der Waals surface area contributed by atoms with E-state index in [9.17, 15) is 0 Å². The molecule has 9 aromatic rings. The van der Waals surface area contributed by atoms with Crippen molar-refractivity contribution in [1.29, 1.82) is 0 Å². The zero-order chi connectivity index (χ0) is 33.3. The van der Waals surface area contributed by atoms with E-state index in [1.807, 2.05) is 42.5 Å². The molecule has 0 spiro atoms. The van der Waals surface area contributed by atoms with E-state index in [-0.39, 0.29) is 0 Å². The smallest absolute Gasteiger partial charge is 0.160 e. The molecule has 0 amide bonds. The van der Waals surface area contributed by atoms with Crippen LogP contribution in [-0.4, -0.2) is 15.0 Å². The van der Waals surface area contributed by atoms with Crippen LogP contribution in [0.1, 0.15) is 0 Å². The van der Waals surface area contributed by atoms with Gasteiger partial charge in [0.1, 0.15) is 0 Å². The number of hydrogen-bond donors (Lipinski definition) is 0. The maximum absolute atomic E-state index is 5.29. The standard InChI is InChI=1S/C47H31N3/c1-5-15-32(16-6-1)41-30-42(34-17-7-2-8-18-34)48-45-29-40(38-23-13-14-24-39(38)46(41)45)33-25-27-36(28-26-33)44-31-43(35-19-9-3-10-20-35)49-47(50-44)37-21-11-4-12-22-37/h1-31H. The van der Waals surface area contributed by atoms with Gasteiger partial charge >= 0.3 is 0 Å². The molecule has 0 N–H and O–H groups in total. The summed E-state index contributed by atoms with van der Waals surface area (Å²) in [5.41, 5.74) is 12.5. The summed E-state index contributed by atoms with van der Waals surface area (Å²) in [7, 11) is 0. The number of pyridine rings is 1. The highest BCUT2D eigenvalue weighted by atomic mass is 14.9. The highest BCUT2D eigenvalue weighted by Gasteiger charge is 2.17. The molecule has 0 radical (unpaired) electrons. The van der Waals surface area contributed by atoms with Crippen molar-refractivity contribution in [1.82, 2.24) is 15.0 Å². The number of rotatable bonds is 6. The van der Waals surface area contributed by atoms with Gasteiger partial charge in [0.25, 0.3) is 0 Å². The summed E-state index contributed by atoms with van der Waals surface area (Å²) < 4.78 is 0. The van der Waals surface area contributed by atoms with Gasteiger partial charge in [-0.2, -0.15) is 0 Å². The minimum atomic E-state index is 0.709. The Labute approximate surface area is 291 Å². The average Bonchev–Trinajstić information content (AvgIpc) is 3.21.